The van der Waals surface area contributed by atoms with E-state index in [1.54, 1.807) is 0 Å². The van der Waals surface area contributed by atoms with Crippen LogP contribution in [0.3, 0.4) is 0 Å². The maximum atomic E-state index is 13.1. The van der Waals surface area contributed by atoms with Crippen LogP contribution in [-0.4, -0.2) is 211 Å². The number of ether oxygens (including phenoxy) is 8. The Morgan fingerprint density at radius 3 is 1.80 bits per heavy atom. The van der Waals surface area contributed by atoms with Gasteiger partial charge in [0.1, 0.15) is 85.1 Å². The Balaban J connectivity index is 1.04. The van der Waals surface area contributed by atoms with Crippen molar-refractivity contribution < 1.29 is 111 Å². The van der Waals surface area contributed by atoms with Gasteiger partial charge in [0.2, 0.25) is 0 Å². The van der Waals surface area contributed by atoms with E-state index in [9.17, 15) is 68.8 Å². The van der Waals surface area contributed by atoms with Gasteiger partial charge in [0.15, 0.2) is 25.2 Å². The smallest absolute Gasteiger partial charge is 0.394 e. The van der Waals surface area contributed by atoms with Crippen molar-refractivity contribution in [3.05, 3.63) is 11.6 Å². The first-order chi connectivity index (χ1) is 35.1. The standard InChI is InChI=1S/C51H84O23S/c1-20(2)15-25(53)16-21(3)28-9-10-29-27-18-32(31-17-26(74-75(63,64)65)11-13-51(31,8)30(27)12-14-50(28,29)7)69-48-41(61)38(58)44(33(19-52)70-48)72-49-45(73-47-40(60)37(57)35(55)23(5)67-47)42(62)43(24(6)68-49)71-46-39(59)36(56)34(54)22(4)66-46/h12,20-24,26-29,31-49,52,54-62H,9-11,13-19H2,1-8H3,(H,63,64,65)/t21-,22-,23-,24-,26+,27?,28-,29?,31?,32+,33-,34+,35-,36+,37+,38-,39-,40-,41-,42+,43-,44-,45-,46+,47+,48-,49+,50-,51-/m1/s1. The number of rotatable bonds is 16. The molecule has 75 heavy (non-hydrogen) atoms. The van der Waals surface area contributed by atoms with E-state index in [4.69, 9.17) is 42.1 Å². The minimum absolute atomic E-state index is 0.0124. The van der Waals surface area contributed by atoms with Crippen LogP contribution in [0, 0.1) is 46.3 Å². The van der Waals surface area contributed by atoms with E-state index in [0.29, 0.717) is 32.1 Å². The SMILES string of the molecule is CC(C)CC(=O)C[C@@H](C)[C@H]1CCC2C3C[C@H](O[C@@H]4O[C@H](CO)[C@@H](O[C@@H]5O[C@H](C)[C@@H](O[C@@H]6O[C@H](C)[C@H](O)[C@H](O)[C@H]6O)[C@H](O)[C@H]5O[C@@H]5O[C@H](C)[C@@H](O)[C@H](O)[C@H]5O)[C@H](O)[C@H]4O)C4C[C@@H](OS(=O)(=O)O)CC[C@]4(C)C3=CC[C@@]21C. The molecular formula is C51H84O23S. The van der Waals surface area contributed by atoms with Crippen molar-refractivity contribution in [1.29, 1.82) is 0 Å². The largest absolute Gasteiger partial charge is 0.397 e. The van der Waals surface area contributed by atoms with Crippen LogP contribution >= 0.6 is 0 Å². The van der Waals surface area contributed by atoms with Gasteiger partial charge in [-0.1, -0.05) is 46.3 Å². The second kappa shape index (κ2) is 23.2. The maximum absolute atomic E-state index is 13.1. The first-order valence-corrected chi connectivity index (χ1v) is 28.3. The number of fused-ring (bicyclic) bond motifs is 5. The quantitative estimate of drug-likeness (QED) is 0.0701. The number of Topliss-reactive ketones (excluding diaryl/α,β-unsaturated/α-hetero) is 1. The van der Waals surface area contributed by atoms with Crippen molar-refractivity contribution in [2.24, 2.45) is 46.3 Å². The summed E-state index contributed by atoms with van der Waals surface area (Å²) < 4.78 is 87.9. The number of hydrogen-bond donors (Lipinski definition) is 11. The number of carbonyl (C=O) groups is 1. The lowest BCUT2D eigenvalue weighted by atomic mass is 9.47. The highest BCUT2D eigenvalue weighted by atomic mass is 32.3. The average molecular weight is 1100 g/mol. The molecule has 0 aromatic rings. The molecule has 11 N–H and O–H groups in total. The summed E-state index contributed by atoms with van der Waals surface area (Å²) in [5.41, 5.74) is 0.536. The normalized spacial score (nSPS) is 50.9. The first kappa shape index (κ1) is 59.7. The zero-order valence-corrected chi connectivity index (χ0v) is 44.9. The molecule has 0 amide bonds. The van der Waals surface area contributed by atoms with Gasteiger partial charge in [0.25, 0.3) is 0 Å². The van der Waals surface area contributed by atoms with Gasteiger partial charge in [-0.05, 0) is 112 Å². The average Bonchev–Trinajstić information content (AvgIpc) is 3.70. The van der Waals surface area contributed by atoms with Crippen molar-refractivity contribution in [2.75, 3.05) is 6.61 Å². The number of allylic oxidation sites excluding steroid dienone is 2. The van der Waals surface area contributed by atoms with Crippen LogP contribution in [0.4, 0.5) is 0 Å². The summed E-state index contributed by atoms with van der Waals surface area (Å²) in [6.45, 7) is 14.1. The Morgan fingerprint density at radius 2 is 1.21 bits per heavy atom. The molecule has 24 heteroatoms. The lowest BCUT2D eigenvalue weighted by Gasteiger charge is -2.59. The lowest BCUT2D eigenvalue weighted by Crippen LogP contribution is -2.67. The van der Waals surface area contributed by atoms with E-state index in [1.807, 2.05) is 13.8 Å². The molecular weight excluding hydrogens is 1010 g/mol. The van der Waals surface area contributed by atoms with E-state index in [0.717, 1.165) is 19.3 Å². The zero-order valence-electron chi connectivity index (χ0n) is 44.0. The summed E-state index contributed by atoms with van der Waals surface area (Å²) in [6.07, 6.45) is -26.5. The molecule has 7 fully saturated rings. The lowest BCUT2D eigenvalue weighted by molar-refractivity contribution is -0.399. The fourth-order valence-corrected chi connectivity index (χ4v) is 15.1. The molecule has 0 aromatic carbocycles. The van der Waals surface area contributed by atoms with E-state index in [1.165, 1.54) is 26.3 Å². The van der Waals surface area contributed by atoms with Crippen LogP contribution in [0.15, 0.2) is 11.6 Å². The molecule has 29 atom stereocenters. The van der Waals surface area contributed by atoms with Gasteiger partial charge in [-0.3, -0.25) is 9.35 Å². The van der Waals surface area contributed by atoms with Crippen LogP contribution in [0.25, 0.3) is 0 Å². The maximum Gasteiger partial charge on any atom is 0.397 e. The van der Waals surface area contributed by atoms with Crippen molar-refractivity contribution >= 4 is 16.2 Å². The van der Waals surface area contributed by atoms with Crippen LogP contribution in [0.2, 0.25) is 0 Å². The van der Waals surface area contributed by atoms with Crippen molar-refractivity contribution in [2.45, 2.75) is 248 Å². The minimum Gasteiger partial charge on any atom is -0.394 e. The van der Waals surface area contributed by atoms with Gasteiger partial charge in [0.05, 0.1) is 37.1 Å². The van der Waals surface area contributed by atoms with Gasteiger partial charge in [0, 0.05) is 12.8 Å². The molecule has 4 saturated heterocycles. The minimum atomic E-state index is -4.83. The van der Waals surface area contributed by atoms with E-state index < -0.39 is 163 Å². The summed E-state index contributed by atoms with van der Waals surface area (Å²) in [5.74, 6) is 0.697. The highest BCUT2D eigenvalue weighted by Gasteiger charge is 2.62. The Hall–Kier alpha value is -1.44. The van der Waals surface area contributed by atoms with E-state index >= 15 is 0 Å². The van der Waals surface area contributed by atoms with E-state index in [2.05, 4.69) is 26.8 Å². The van der Waals surface area contributed by atoms with Gasteiger partial charge < -0.3 is 89.0 Å². The Labute approximate surface area is 438 Å². The molecule has 0 spiro atoms. The summed E-state index contributed by atoms with van der Waals surface area (Å²) in [7, 11) is -4.83. The van der Waals surface area contributed by atoms with Crippen molar-refractivity contribution in [1.82, 2.24) is 0 Å². The Bertz CT molecular complexity index is 2100. The van der Waals surface area contributed by atoms with Gasteiger partial charge >= 0.3 is 10.4 Å². The molecule has 432 valence electrons. The molecule has 0 radical (unpaired) electrons. The molecule has 0 bridgehead atoms. The molecule has 8 rings (SSSR count). The summed E-state index contributed by atoms with van der Waals surface area (Å²) in [5, 5.41) is 110. The molecule has 4 aliphatic heterocycles. The monoisotopic (exact) mass is 1100 g/mol. The highest BCUT2D eigenvalue weighted by Crippen LogP contribution is 2.67. The molecule has 23 nitrogen and oxygen atoms in total. The zero-order chi connectivity index (χ0) is 55.0. The summed E-state index contributed by atoms with van der Waals surface area (Å²) in [4.78, 5) is 13.1. The van der Waals surface area contributed by atoms with Crippen molar-refractivity contribution in [3.63, 3.8) is 0 Å². The first-order valence-electron chi connectivity index (χ1n) is 26.9. The predicted octanol–water partition coefficient (Wildman–Crippen LogP) is -0.255. The topological polar surface area (TPSA) is 357 Å². The molecule has 0 aromatic heterocycles. The number of carbonyl (C=O) groups excluding carboxylic acids is 1. The van der Waals surface area contributed by atoms with Crippen LogP contribution < -0.4 is 0 Å². The highest BCUT2D eigenvalue weighted by molar-refractivity contribution is 7.80. The van der Waals surface area contributed by atoms with Gasteiger partial charge in [-0.2, -0.15) is 8.42 Å². The van der Waals surface area contributed by atoms with E-state index in [-0.39, 0.29) is 47.2 Å². The molecule has 3 unspecified atom stereocenters. The third-order valence-corrected chi connectivity index (χ3v) is 19.1. The fraction of sp³-hybridized carbons (Fsp3) is 0.941. The molecule has 4 heterocycles. The molecule has 8 aliphatic rings. The number of aliphatic hydroxyl groups is 10. The Kier molecular flexibility index (Phi) is 18.5. The van der Waals surface area contributed by atoms with Crippen LogP contribution in [-0.2, 0) is 57.3 Å². The predicted molar refractivity (Wildman–Crippen MR) is 258 cm³/mol. The molecule has 4 aliphatic carbocycles. The third-order valence-electron chi connectivity index (χ3n) is 18.5. The molecule has 3 saturated carbocycles. The third kappa shape index (κ3) is 11.9. The summed E-state index contributed by atoms with van der Waals surface area (Å²) >= 11 is 0. The summed E-state index contributed by atoms with van der Waals surface area (Å²) in [6, 6.07) is 0. The number of hydrogen-bond acceptors (Lipinski definition) is 22. The number of ketones is 1. The van der Waals surface area contributed by atoms with Gasteiger partial charge in [-0.25, -0.2) is 4.18 Å². The fourth-order valence-electron chi connectivity index (χ4n) is 14.6. The van der Waals surface area contributed by atoms with Crippen LogP contribution in [0.1, 0.15) is 113 Å². The van der Waals surface area contributed by atoms with Crippen molar-refractivity contribution in [3.8, 4) is 0 Å². The second-order valence-corrected chi connectivity index (χ2v) is 25.1. The Morgan fingerprint density at radius 1 is 0.653 bits per heavy atom. The second-order valence-electron chi connectivity index (χ2n) is 24.0. The number of aliphatic hydroxyl groups excluding tert-OH is 10. The van der Waals surface area contributed by atoms with Gasteiger partial charge in [-0.15, -0.1) is 0 Å². The van der Waals surface area contributed by atoms with Crippen LogP contribution in [0.5, 0.6) is 0 Å².